The molecule has 0 aliphatic carbocycles. The lowest BCUT2D eigenvalue weighted by molar-refractivity contribution is 0.103. The Hall–Kier alpha value is -3.00. The van der Waals surface area contributed by atoms with Crippen molar-refractivity contribution in [3.05, 3.63) is 87.1 Å². The lowest BCUT2D eigenvalue weighted by Crippen LogP contribution is -2.09. The second kappa shape index (κ2) is 9.21. The van der Waals surface area contributed by atoms with Crippen LogP contribution in [0.2, 0.25) is 5.02 Å². The number of benzene rings is 2. The molecule has 0 radical (unpaired) electrons. The van der Waals surface area contributed by atoms with Gasteiger partial charge in [0.1, 0.15) is 10.7 Å². The van der Waals surface area contributed by atoms with Crippen molar-refractivity contribution in [2.45, 2.75) is 6.92 Å². The highest BCUT2D eigenvalue weighted by Gasteiger charge is 2.17. The first-order valence-corrected chi connectivity index (χ1v) is 11.1. The molecule has 0 fully saturated rings. The van der Waals surface area contributed by atoms with Crippen LogP contribution in [0, 0.1) is 6.92 Å². The second-order valence-electron chi connectivity index (χ2n) is 6.42. The van der Waals surface area contributed by atoms with Gasteiger partial charge in [-0.25, -0.2) is 4.98 Å². The number of rotatable bonds is 6. The van der Waals surface area contributed by atoms with Gasteiger partial charge in [0.15, 0.2) is 0 Å². The van der Waals surface area contributed by atoms with Gasteiger partial charge in [0, 0.05) is 10.6 Å². The van der Waals surface area contributed by atoms with E-state index in [1.807, 2.05) is 54.8 Å². The third-order valence-corrected chi connectivity index (χ3v) is 6.16. The summed E-state index contributed by atoms with van der Waals surface area (Å²) in [4.78, 5) is 17.8. The Kier molecular flexibility index (Phi) is 6.23. The van der Waals surface area contributed by atoms with E-state index in [-0.39, 0.29) is 5.91 Å². The molecule has 0 spiro atoms. The first kappa shape index (κ1) is 20.3. The van der Waals surface area contributed by atoms with E-state index in [1.54, 1.807) is 24.4 Å². The van der Waals surface area contributed by atoms with Crippen molar-refractivity contribution in [1.82, 2.24) is 4.98 Å². The third kappa shape index (κ3) is 4.94. The number of hydrazone groups is 1. The number of hydrogen-bond acceptors (Lipinski definition) is 6. The Morgan fingerprint density at radius 3 is 2.57 bits per heavy atom. The number of amides is 1. The number of halogens is 1. The maximum absolute atomic E-state index is 12.6. The quantitative estimate of drug-likeness (QED) is 0.258. The average Bonchev–Trinajstić information content (AvgIpc) is 3.41. The molecule has 2 aromatic carbocycles. The number of thiophene rings is 1. The highest BCUT2D eigenvalue weighted by molar-refractivity contribution is 7.20. The maximum Gasteiger partial charge on any atom is 0.266 e. The molecule has 1 amide bonds. The van der Waals surface area contributed by atoms with Crippen LogP contribution in [0.3, 0.4) is 0 Å². The monoisotopic (exact) mass is 452 g/mol. The number of hydrogen-bond donors (Lipinski definition) is 2. The van der Waals surface area contributed by atoms with Crippen molar-refractivity contribution >= 4 is 56.5 Å². The Balaban J connectivity index is 1.58. The van der Waals surface area contributed by atoms with Gasteiger partial charge >= 0.3 is 0 Å². The molecule has 0 aliphatic heterocycles. The number of anilines is 2. The van der Waals surface area contributed by atoms with E-state index in [1.165, 1.54) is 28.2 Å². The summed E-state index contributed by atoms with van der Waals surface area (Å²) in [6, 6.07) is 19.0. The molecule has 0 saturated heterocycles. The van der Waals surface area contributed by atoms with E-state index in [2.05, 4.69) is 20.8 Å². The van der Waals surface area contributed by atoms with Gasteiger partial charge < -0.3 is 5.32 Å². The topological polar surface area (TPSA) is 66.4 Å². The fourth-order valence-corrected chi connectivity index (χ4v) is 4.22. The zero-order valence-corrected chi connectivity index (χ0v) is 18.3. The van der Waals surface area contributed by atoms with Gasteiger partial charge in [-0.3, -0.25) is 10.2 Å². The smallest absolute Gasteiger partial charge is 0.266 e. The summed E-state index contributed by atoms with van der Waals surface area (Å²) in [7, 11) is 0. The SMILES string of the molecule is Cc1ccc(/C=N/Nc2nc(-c3ccc(Cl)cc3)c(NC(=O)c3cccs3)s2)cc1. The second-order valence-corrected chi connectivity index (χ2v) is 8.80. The predicted octanol–water partition coefficient (Wildman–Crippen LogP) is 6.53. The molecule has 5 nitrogen and oxygen atoms in total. The molecule has 2 N–H and O–H groups in total. The minimum atomic E-state index is -0.168. The standard InChI is InChI=1S/C22H17ClN4OS2/c1-14-4-6-15(7-5-14)13-24-27-22-25-19(16-8-10-17(23)11-9-16)21(30-22)26-20(28)18-3-2-12-29-18/h2-13H,1H3,(H,25,27)(H,26,28)/b24-13+. The summed E-state index contributed by atoms with van der Waals surface area (Å²) < 4.78 is 0. The summed E-state index contributed by atoms with van der Waals surface area (Å²) in [6.07, 6.45) is 1.73. The third-order valence-electron chi connectivity index (χ3n) is 4.17. The highest BCUT2D eigenvalue weighted by atomic mass is 35.5. The zero-order valence-electron chi connectivity index (χ0n) is 15.9. The fourth-order valence-electron chi connectivity index (χ4n) is 2.64. The lowest BCUT2D eigenvalue weighted by atomic mass is 10.1. The molecule has 4 aromatic rings. The van der Waals surface area contributed by atoms with Crippen LogP contribution in [0.5, 0.6) is 0 Å². The summed E-state index contributed by atoms with van der Waals surface area (Å²) in [5, 5.41) is 11.0. The van der Waals surface area contributed by atoms with Crippen LogP contribution in [-0.4, -0.2) is 17.1 Å². The van der Waals surface area contributed by atoms with Crippen LogP contribution in [0.25, 0.3) is 11.3 Å². The van der Waals surface area contributed by atoms with Crippen LogP contribution in [-0.2, 0) is 0 Å². The summed E-state index contributed by atoms with van der Waals surface area (Å²) >= 11 is 8.73. The minimum absolute atomic E-state index is 0.168. The molecule has 30 heavy (non-hydrogen) atoms. The van der Waals surface area contributed by atoms with Crippen LogP contribution in [0.4, 0.5) is 10.1 Å². The van der Waals surface area contributed by atoms with Gasteiger partial charge in [0.05, 0.1) is 11.1 Å². The van der Waals surface area contributed by atoms with E-state index in [0.29, 0.717) is 25.7 Å². The number of carbonyl (C=O) groups is 1. The van der Waals surface area contributed by atoms with Crippen molar-refractivity contribution in [3.63, 3.8) is 0 Å². The summed E-state index contributed by atoms with van der Waals surface area (Å²) in [6.45, 7) is 2.04. The Morgan fingerprint density at radius 2 is 1.87 bits per heavy atom. The van der Waals surface area contributed by atoms with Gasteiger partial charge in [-0.05, 0) is 36.1 Å². The first-order valence-electron chi connectivity index (χ1n) is 9.06. The molecule has 0 unspecified atom stereocenters. The van der Waals surface area contributed by atoms with Gasteiger partial charge in [0.2, 0.25) is 5.13 Å². The molecular weight excluding hydrogens is 436 g/mol. The molecule has 2 aromatic heterocycles. The van der Waals surface area contributed by atoms with Gasteiger partial charge in [0.25, 0.3) is 5.91 Å². The molecular formula is C22H17ClN4OS2. The number of carbonyl (C=O) groups excluding carboxylic acids is 1. The Labute approximate surface area is 187 Å². The van der Waals surface area contributed by atoms with Crippen molar-refractivity contribution < 1.29 is 4.79 Å². The zero-order chi connectivity index (χ0) is 20.9. The van der Waals surface area contributed by atoms with Crippen molar-refractivity contribution in [1.29, 1.82) is 0 Å². The highest BCUT2D eigenvalue weighted by Crippen LogP contribution is 2.36. The van der Waals surface area contributed by atoms with E-state index in [4.69, 9.17) is 11.6 Å². The lowest BCUT2D eigenvalue weighted by Gasteiger charge is -2.04. The van der Waals surface area contributed by atoms with Crippen LogP contribution < -0.4 is 10.7 Å². The Bertz CT molecular complexity index is 1170. The number of thiazole rings is 1. The van der Waals surface area contributed by atoms with Crippen LogP contribution in [0.15, 0.2) is 71.1 Å². The number of nitrogens with zero attached hydrogens (tertiary/aromatic N) is 2. The first-order chi connectivity index (χ1) is 14.6. The Morgan fingerprint density at radius 1 is 1.10 bits per heavy atom. The molecule has 0 saturated carbocycles. The number of aryl methyl sites for hydroxylation is 1. The molecule has 0 aliphatic rings. The predicted molar refractivity (Wildman–Crippen MR) is 127 cm³/mol. The van der Waals surface area contributed by atoms with Gasteiger partial charge in [-0.2, -0.15) is 5.10 Å². The van der Waals surface area contributed by atoms with E-state index >= 15 is 0 Å². The van der Waals surface area contributed by atoms with Gasteiger partial charge in [-0.1, -0.05) is 71.0 Å². The normalized spacial score (nSPS) is 11.0. The van der Waals surface area contributed by atoms with E-state index in [9.17, 15) is 4.79 Å². The number of aromatic nitrogens is 1. The van der Waals surface area contributed by atoms with Gasteiger partial charge in [-0.15, -0.1) is 11.3 Å². The van der Waals surface area contributed by atoms with Crippen molar-refractivity contribution in [2.24, 2.45) is 5.10 Å². The number of nitrogens with one attached hydrogen (secondary N) is 2. The average molecular weight is 453 g/mol. The fraction of sp³-hybridized carbons (Fsp3) is 0.0455. The van der Waals surface area contributed by atoms with Crippen LogP contribution >= 0.6 is 34.3 Å². The van der Waals surface area contributed by atoms with Crippen molar-refractivity contribution in [2.75, 3.05) is 10.7 Å². The molecule has 2 heterocycles. The minimum Gasteiger partial charge on any atom is -0.311 e. The molecule has 0 atom stereocenters. The van der Waals surface area contributed by atoms with Crippen molar-refractivity contribution in [3.8, 4) is 11.3 Å². The summed E-state index contributed by atoms with van der Waals surface area (Å²) in [5.41, 5.74) is 6.65. The molecule has 8 heteroatoms. The summed E-state index contributed by atoms with van der Waals surface area (Å²) in [5.74, 6) is -0.168. The molecule has 150 valence electrons. The maximum atomic E-state index is 12.6. The van der Waals surface area contributed by atoms with E-state index < -0.39 is 0 Å². The largest absolute Gasteiger partial charge is 0.311 e. The van der Waals surface area contributed by atoms with E-state index in [0.717, 1.165) is 11.1 Å². The molecule has 4 rings (SSSR count). The molecule has 0 bridgehead atoms. The van der Waals surface area contributed by atoms with Crippen LogP contribution in [0.1, 0.15) is 20.8 Å².